The van der Waals surface area contributed by atoms with Gasteiger partial charge in [0.25, 0.3) is 0 Å². The lowest BCUT2D eigenvalue weighted by molar-refractivity contribution is 0.186. The van der Waals surface area contributed by atoms with Crippen LogP contribution in [0.3, 0.4) is 0 Å². The molecule has 1 aliphatic heterocycles. The molecule has 6 heteroatoms. The Morgan fingerprint density at radius 3 is 2.90 bits per heavy atom. The SMILES string of the molecule is COC[C@H](C)N=C1NNC(c2c[nH]c3ccccc23)=CS1. The largest absolute Gasteiger partial charge is 0.382 e. The lowest BCUT2D eigenvalue weighted by atomic mass is 10.1. The van der Waals surface area contributed by atoms with Crippen molar-refractivity contribution in [2.24, 2.45) is 4.99 Å². The highest BCUT2D eigenvalue weighted by atomic mass is 32.2. The third-order valence-corrected chi connectivity index (χ3v) is 4.00. The molecule has 2 aromatic rings. The van der Waals surface area contributed by atoms with Crippen LogP contribution >= 0.6 is 11.8 Å². The van der Waals surface area contributed by atoms with E-state index in [-0.39, 0.29) is 6.04 Å². The first-order valence-corrected chi connectivity index (χ1v) is 7.68. The second kappa shape index (κ2) is 6.24. The van der Waals surface area contributed by atoms with Crippen molar-refractivity contribution in [1.29, 1.82) is 0 Å². The first kappa shape index (κ1) is 14.0. The first-order valence-electron chi connectivity index (χ1n) is 6.80. The molecule has 2 heterocycles. The topological polar surface area (TPSA) is 61.4 Å². The van der Waals surface area contributed by atoms with Crippen molar-refractivity contribution in [1.82, 2.24) is 15.8 Å². The Hall–Kier alpha value is -1.92. The van der Waals surface area contributed by atoms with Crippen molar-refractivity contribution in [2.45, 2.75) is 13.0 Å². The minimum absolute atomic E-state index is 0.134. The molecule has 0 spiro atoms. The van der Waals surface area contributed by atoms with Crippen molar-refractivity contribution in [3.63, 3.8) is 0 Å². The summed E-state index contributed by atoms with van der Waals surface area (Å²) in [4.78, 5) is 7.81. The Morgan fingerprint density at radius 1 is 1.29 bits per heavy atom. The predicted octanol–water partition coefficient (Wildman–Crippen LogP) is 2.70. The van der Waals surface area contributed by atoms with Crippen molar-refractivity contribution in [2.75, 3.05) is 13.7 Å². The van der Waals surface area contributed by atoms with Crippen LogP contribution in [0.15, 0.2) is 40.9 Å². The maximum atomic E-state index is 5.09. The normalized spacial score (nSPS) is 18.2. The summed E-state index contributed by atoms with van der Waals surface area (Å²) in [6.45, 7) is 2.64. The third kappa shape index (κ3) is 3.06. The van der Waals surface area contributed by atoms with Gasteiger partial charge in [-0.3, -0.25) is 15.8 Å². The van der Waals surface area contributed by atoms with Gasteiger partial charge in [0, 0.05) is 35.2 Å². The zero-order valence-electron chi connectivity index (χ0n) is 12.0. The van der Waals surface area contributed by atoms with E-state index in [2.05, 4.69) is 38.4 Å². The van der Waals surface area contributed by atoms with E-state index in [0.717, 1.165) is 21.9 Å². The van der Waals surface area contributed by atoms with E-state index in [9.17, 15) is 0 Å². The minimum Gasteiger partial charge on any atom is -0.382 e. The summed E-state index contributed by atoms with van der Waals surface area (Å²) >= 11 is 1.58. The summed E-state index contributed by atoms with van der Waals surface area (Å²) in [5, 5.41) is 4.12. The van der Waals surface area contributed by atoms with E-state index >= 15 is 0 Å². The number of aliphatic imine (C=N–C) groups is 1. The molecule has 0 bridgehead atoms. The molecule has 110 valence electrons. The van der Waals surface area contributed by atoms with Crippen LogP contribution in [0.5, 0.6) is 0 Å². The molecule has 3 rings (SSSR count). The molecule has 1 aliphatic rings. The Kier molecular flexibility index (Phi) is 4.17. The van der Waals surface area contributed by atoms with E-state index in [4.69, 9.17) is 4.74 Å². The molecule has 0 radical (unpaired) electrons. The van der Waals surface area contributed by atoms with Crippen LogP contribution < -0.4 is 10.9 Å². The standard InChI is InChI=1S/C15H18N4OS/c1-10(8-20-2)17-15-19-18-14(9-21-15)12-7-16-13-6-4-3-5-11(12)13/h3-7,9-10,16,18H,8H2,1-2H3,(H,17,19)/t10-/m0/s1. The third-order valence-electron chi connectivity index (χ3n) is 3.22. The highest BCUT2D eigenvalue weighted by Crippen LogP contribution is 2.26. The number of benzene rings is 1. The summed E-state index contributed by atoms with van der Waals surface area (Å²) in [5.41, 5.74) is 9.66. The second-order valence-corrected chi connectivity index (χ2v) is 5.74. The number of hydrogen-bond donors (Lipinski definition) is 3. The first-order chi connectivity index (χ1) is 10.3. The fourth-order valence-corrected chi connectivity index (χ4v) is 3.03. The lowest BCUT2D eigenvalue weighted by Crippen LogP contribution is -2.37. The smallest absolute Gasteiger partial charge is 0.180 e. The monoisotopic (exact) mass is 302 g/mol. The van der Waals surface area contributed by atoms with Gasteiger partial charge in [-0.2, -0.15) is 0 Å². The van der Waals surface area contributed by atoms with Crippen molar-refractivity contribution >= 4 is 33.5 Å². The number of para-hydroxylation sites is 1. The Labute approximate surface area is 127 Å². The molecular formula is C15H18N4OS. The number of thioether (sulfide) groups is 1. The fraction of sp³-hybridized carbons (Fsp3) is 0.267. The van der Waals surface area contributed by atoms with Gasteiger partial charge in [-0.25, -0.2) is 0 Å². The minimum atomic E-state index is 0.134. The number of hydrogen-bond acceptors (Lipinski definition) is 4. The molecule has 5 nitrogen and oxygen atoms in total. The molecule has 3 N–H and O–H groups in total. The van der Waals surface area contributed by atoms with Gasteiger partial charge in [0.05, 0.1) is 18.3 Å². The average molecular weight is 302 g/mol. The number of aromatic nitrogens is 1. The molecule has 0 fully saturated rings. The van der Waals surface area contributed by atoms with Crippen molar-refractivity contribution in [3.05, 3.63) is 41.4 Å². The van der Waals surface area contributed by atoms with Crippen LogP contribution in [0, 0.1) is 0 Å². The van der Waals surface area contributed by atoms with Crippen LogP contribution in [-0.2, 0) is 4.74 Å². The number of nitrogens with one attached hydrogen (secondary N) is 3. The van der Waals surface area contributed by atoms with Crippen LogP contribution in [0.25, 0.3) is 16.6 Å². The van der Waals surface area contributed by atoms with E-state index in [0.29, 0.717) is 6.61 Å². The van der Waals surface area contributed by atoms with E-state index < -0.39 is 0 Å². The summed E-state index contributed by atoms with van der Waals surface area (Å²) in [5.74, 6) is 0. The molecule has 0 aliphatic carbocycles. The van der Waals surface area contributed by atoms with Gasteiger partial charge < -0.3 is 9.72 Å². The van der Waals surface area contributed by atoms with Gasteiger partial charge in [0.15, 0.2) is 5.17 Å². The Bertz CT molecular complexity index is 692. The molecule has 0 amide bonds. The lowest BCUT2D eigenvalue weighted by Gasteiger charge is -2.19. The predicted molar refractivity (Wildman–Crippen MR) is 88.9 cm³/mol. The fourth-order valence-electron chi connectivity index (χ4n) is 2.26. The number of rotatable bonds is 4. The quantitative estimate of drug-likeness (QED) is 0.812. The van der Waals surface area contributed by atoms with Gasteiger partial charge >= 0.3 is 0 Å². The number of fused-ring (bicyclic) bond motifs is 1. The van der Waals surface area contributed by atoms with Crippen LogP contribution in [0.4, 0.5) is 0 Å². The van der Waals surface area contributed by atoms with E-state index in [1.807, 2.05) is 25.3 Å². The molecule has 0 saturated heterocycles. The Balaban J connectivity index is 1.79. The summed E-state index contributed by atoms with van der Waals surface area (Å²) in [6.07, 6.45) is 2.02. The van der Waals surface area contributed by atoms with Gasteiger partial charge in [0.2, 0.25) is 0 Å². The number of hydrazine groups is 1. The van der Waals surface area contributed by atoms with Crippen molar-refractivity contribution < 1.29 is 4.74 Å². The number of methoxy groups -OCH3 is 1. The average Bonchev–Trinajstić information content (AvgIpc) is 2.92. The maximum Gasteiger partial charge on any atom is 0.180 e. The summed E-state index contributed by atoms with van der Waals surface area (Å²) in [7, 11) is 1.69. The molecule has 1 aromatic carbocycles. The van der Waals surface area contributed by atoms with Gasteiger partial charge in [0.1, 0.15) is 0 Å². The summed E-state index contributed by atoms with van der Waals surface area (Å²) in [6, 6.07) is 8.39. The van der Waals surface area contributed by atoms with Gasteiger partial charge in [-0.15, -0.1) is 0 Å². The van der Waals surface area contributed by atoms with E-state index in [1.54, 1.807) is 18.9 Å². The van der Waals surface area contributed by atoms with Crippen molar-refractivity contribution in [3.8, 4) is 0 Å². The highest BCUT2D eigenvalue weighted by molar-refractivity contribution is 8.16. The van der Waals surface area contributed by atoms with E-state index in [1.165, 1.54) is 5.39 Å². The second-order valence-electron chi connectivity index (χ2n) is 4.89. The number of amidine groups is 1. The number of aromatic amines is 1. The van der Waals surface area contributed by atoms with Gasteiger partial charge in [-0.05, 0) is 13.0 Å². The maximum absolute atomic E-state index is 5.09. The molecular weight excluding hydrogens is 284 g/mol. The zero-order valence-corrected chi connectivity index (χ0v) is 12.8. The molecule has 1 atom stereocenters. The summed E-state index contributed by atoms with van der Waals surface area (Å²) < 4.78 is 5.09. The molecule has 0 saturated carbocycles. The number of ether oxygens (including phenoxy) is 1. The Morgan fingerprint density at radius 2 is 2.14 bits per heavy atom. The van der Waals surface area contributed by atoms with Crippen LogP contribution in [0.1, 0.15) is 12.5 Å². The number of H-pyrrole nitrogens is 1. The molecule has 1 aromatic heterocycles. The van der Waals surface area contributed by atoms with Gasteiger partial charge in [-0.1, -0.05) is 30.0 Å². The number of nitrogens with zero attached hydrogens (tertiary/aromatic N) is 1. The van der Waals surface area contributed by atoms with Crippen LogP contribution in [0.2, 0.25) is 0 Å². The molecule has 0 unspecified atom stereocenters. The van der Waals surface area contributed by atoms with Crippen LogP contribution in [-0.4, -0.2) is 29.9 Å². The zero-order chi connectivity index (χ0) is 14.7. The molecule has 21 heavy (non-hydrogen) atoms. The highest BCUT2D eigenvalue weighted by Gasteiger charge is 2.14.